The van der Waals surface area contributed by atoms with Crippen LogP contribution in [0.1, 0.15) is 18.5 Å². The van der Waals surface area contributed by atoms with Gasteiger partial charge in [-0.1, -0.05) is 23.2 Å². The van der Waals surface area contributed by atoms with Crippen LogP contribution < -0.4 is 4.90 Å². The Morgan fingerprint density at radius 2 is 1.90 bits per heavy atom. The van der Waals surface area contributed by atoms with Crippen molar-refractivity contribution in [3.63, 3.8) is 0 Å². The lowest BCUT2D eigenvalue weighted by molar-refractivity contribution is -0.137. The van der Waals surface area contributed by atoms with E-state index in [1.807, 2.05) is 19.0 Å². The third-order valence-corrected chi connectivity index (χ3v) is 6.88. The number of aliphatic carboxylic acids is 1. The van der Waals surface area contributed by atoms with Crippen molar-refractivity contribution in [2.45, 2.75) is 24.2 Å². The lowest BCUT2D eigenvalue weighted by Gasteiger charge is -2.16. The van der Waals surface area contributed by atoms with E-state index < -0.39 is 16.0 Å². The highest BCUT2D eigenvalue weighted by Gasteiger charge is 2.26. The van der Waals surface area contributed by atoms with Gasteiger partial charge in [0.05, 0.1) is 16.1 Å². The van der Waals surface area contributed by atoms with Crippen molar-refractivity contribution < 1.29 is 18.3 Å². The molecule has 1 N–H and O–H groups in total. The molecule has 0 saturated heterocycles. The zero-order valence-electron chi connectivity index (χ0n) is 15.8. The summed E-state index contributed by atoms with van der Waals surface area (Å²) in [6.07, 6.45) is 0.448. The molecule has 2 aromatic heterocycles. The molecule has 0 spiro atoms. The number of carbonyl (C=O) groups is 1. The lowest BCUT2D eigenvalue weighted by Crippen LogP contribution is -2.17. The minimum atomic E-state index is -4.05. The summed E-state index contributed by atoms with van der Waals surface area (Å²) in [6.45, 7) is 0. The largest absolute Gasteiger partial charge is 0.481 e. The van der Waals surface area contributed by atoms with Gasteiger partial charge in [0.2, 0.25) is 0 Å². The summed E-state index contributed by atoms with van der Waals surface area (Å²) in [5.41, 5.74) is 1.95. The molecule has 0 aliphatic heterocycles. The fraction of sp³-hybridized carbons (Fsp3) is 0.263. The second-order valence-corrected chi connectivity index (χ2v) is 9.25. The van der Waals surface area contributed by atoms with Gasteiger partial charge in [-0.3, -0.25) is 4.79 Å². The molecule has 10 heteroatoms. The van der Waals surface area contributed by atoms with Gasteiger partial charge in [-0.05, 0) is 49.2 Å². The molecule has 0 fully saturated rings. The third kappa shape index (κ3) is 4.34. The van der Waals surface area contributed by atoms with Gasteiger partial charge in [0.1, 0.15) is 10.0 Å². The normalized spacial score (nSPS) is 11.7. The van der Waals surface area contributed by atoms with Crippen LogP contribution in [0.15, 0.2) is 41.3 Å². The molecule has 0 bridgehead atoms. The standard InChI is InChI=1S/C19H19Cl2N3O4S/c1-23(2)12-6-8-17(14(20)10-12)29(27,28)24-13(4-3-5-19(25)26)11-15-16(24)7-9-18(21)22-15/h6-11H,3-5H2,1-2H3,(H,25,26). The summed E-state index contributed by atoms with van der Waals surface area (Å²) in [6, 6.07) is 9.41. The van der Waals surface area contributed by atoms with E-state index in [0.717, 1.165) is 5.69 Å². The molecule has 3 aromatic rings. The highest BCUT2D eigenvalue weighted by Crippen LogP contribution is 2.32. The average molecular weight is 456 g/mol. The van der Waals surface area contributed by atoms with Crippen molar-refractivity contribution in [2.75, 3.05) is 19.0 Å². The third-order valence-electron chi connectivity index (χ3n) is 4.43. The molecule has 0 saturated carbocycles. The van der Waals surface area contributed by atoms with Crippen LogP contribution in [0.5, 0.6) is 0 Å². The topological polar surface area (TPSA) is 92.5 Å². The molecule has 1 aromatic carbocycles. The number of hydrogen-bond donors (Lipinski definition) is 1. The smallest absolute Gasteiger partial charge is 0.303 e. The van der Waals surface area contributed by atoms with Crippen LogP contribution in [-0.2, 0) is 21.2 Å². The van der Waals surface area contributed by atoms with Gasteiger partial charge in [0, 0.05) is 31.9 Å². The maximum Gasteiger partial charge on any atom is 0.303 e. The van der Waals surface area contributed by atoms with Crippen LogP contribution in [0.2, 0.25) is 10.2 Å². The zero-order valence-corrected chi connectivity index (χ0v) is 18.1. The lowest BCUT2D eigenvalue weighted by atomic mass is 10.2. The molecule has 0 unspecified atom stereocenters. The van der Waals surface area contributed by atoms with Gasteiger partial charge in [0.25, 0.3) is 10.0 Å². The van der Waals surface area contributed by atoms with Crippen molar-refractivity contribution in [3.8, 4) is 0 Å². The number of benzene rings is 1. The van der Waals surface area contributed by atoms with E-state index in [2.05, 4.69) is 4.98 Å². The Morgan fingerprint density at radius 3 is 2.52 bits per heavy atom. The Labute approximate surface area is 178 Å². The van der Waals surface area contributed by atoms with E-state index in [1.54, 1.807) is 24.3 Å². The molecule has 0 aliphatic carbocycles. The number of aromatic nitrogens is 2. The van der Waals surface area contributed by atoms with Gasteiger partial charge >= 0.3 is 5.97 Å². The fourth-order valence-electron chi connectivity index (χ4n) is 3.05. The highest BCUT2D eigenvalue weighted by atomic mass is 35.5. The summed E-state index contributed by atoms with van der Waals surface area (Å²) in [5.74, 6) is -0.945. The van der Waals surface area contributed by atoms with Crippen LogP contribution in [0.3, 0.4) is 0 Å². The first-order valence-corrected chi connectivity index (χ1v) is 10.9. The zero-order chi connectivity index (χ0) is 21.3. The number of fused-ring (bicyclic) bond motifs is 1. The van der Waals surface area contributed by atoms with E-state index in [1.165, 1.54) is 16.1 Å². The average Bonchev–Trinajstić information content (AvgIpc) is 2.98. The summed E-state index contributed by atoms with van der Waals surface area (Å²) in [7, 11) is -0.397. The predicted octanol–water partition coefficient (Wildman–Crippen LogP) is 4.05. The second kappa shape index (κ2) is 8.22. The van der Waals surface area contributed by atoms with Crippen molar-refractivity contribution in [1.29, 1.82) is 0 Å². The van der Waals surface area contributed by atoms with Gasteiger partial charge in [0.15, 0.2) is 0 Å². The quantitative estimate of drug-likeness (QED) is 0.540. The number of carboxylic acids is 1. The number of hydrogen-bond acceptors (Lipinski definition) is 5. The number of pyridine rings is 1. The van der Waals surface area contributed by atoms with E-state index in [9.17, 15) is 13.2 Å². The van der Waals surface area contributed by atoms with Gasteiger partial charge < -0.3 is 10.0 Å². The molecule has 154 valence electrons. The Kier molecular flexibility index (Phi) is 6.07. The predicted molar refractivity (Wildman–Crippen MR) is 114 cm³/mol. The number of carboxylic acid groups (broad SMARTS) is 1. The molecule has 29 heavy (non-hydrogen) atoms. The molecule has 7 nitrogen and oxygen atoms in total. The van der Waals surface area contributed by atoms with Gasteiger partial charge in [-0.15, -0.1) is 0 Å². The van der Waals surface area contributed by atoms with Crippen LogP contribution in [0, 0.1) is 0 Å². The Morgan fingerprint density at radius 1 is 1.17 bits per heavy atom. The number of anilines is 1. The number of nitrogens with zero attached hydrogens (tertiary/aromatic N) is 3. The van der Waals surface area contributed by atoms with Crippen molar-refractivity contribution in [2.24, 2.45) is 0 Å². The summed E-state index contributed by atoms with van der Waals surface area (Å²) < 4.78 is 28.2. The first-order chi connectivity index (χ1) is 13.6. The highest BCUT2D eigenvalue weighted by molar-refractivity contribution is 7.90. The van der Waals surface area contributed by atoms with E-state index in [-0.39, 0.29) is 34.3 Å². The van der Waals surface area contributed by atoms with Gasteiger partial charge in [-0.2, -0.15) is 0 Å². The van der Waals surface area contributed by atoms with Crippen LogP contribution >= 0.6 is 23.2 Å². The first-order valence-electron chi connectivity index (χ1n) is 8.72. The summed E-state index contributed by atoms with van der Waals surface area (Å²) >= 11 is 12.3. The minimum absolute atomic E-state index is 0.0447. The number of rotatable bonds is 7. The maximum atomic E-state index is 13.5. The SMILES string of the molecule is CN(C)c1ccc(S(=O)(=O)n2c(CCCC(=O)O)cc3nc(Cl)ccc32)c(Cl)c1. The monoisotopic (exact) mass is 455 g/mol. The fourth-order valence-corrected chi connectivity index (χ4v) is 5.28. The van der Waals surface area contributed by atoms with E-state index >= 15 is 0 Å². The van der Waals surface area contributed by atoms with E-state index in [4.69, 9.17) is 28.3 Å². The molecule has 0 atom stereocenters. The van der Waals surface area contributed by atoms with Crippen LogP contribution in [0.25, 0.3) is 11.0 Å². The van der Waals surface area contributed by atoms with Crippen molar-refractivity contribution in [3.05, 3.63) is 52.3 Å². The maximum absolute atomic E-state index is 13.5. The Bertz CT molecular complexity index is 1190. The second-order valence-electron chi connectivity index (χ2n) is 6.70. The molecule has 2 heterocycles. The molecule has 0 aliphatic rings. The number of halogens is 2. The van der Waals surface area contributed by atoms with Crippen molar-refractivity contribution >= 4 is 55.9 Å². The molecular formula is C19H19Cl2N3O4S. The molecule has 3 rings (SSSR count). The van der Waals surface area contributed by atoms with Crippen LogP contribution in [-0.4, -0.2) is 42.5 Å². The van der Waals surface area contributed by atoms with Crippen LogP contribution in [0.4, 0.5) is 5.69 Å². The summed E-state index contributed by atoms with van der Waals surface area (Å²) in [5, 5.41) is 9.23. The molecular weight excluding hydrogens is 437 g/mol. The van der Waals surface area contributed by atoms with Crippen molar-refractivity contribution in [1.82, 2.24) is 8.96 Å². The van der Waals surface area contributed by atoms with Gasteiger partial charge in [-0.25, -0.2) is 17.4 Å². The van der Waals surface area contributed by atoms with E-state index in [0.29, 0.717) is 16.7 Å². The Hall–Kier alpha value is -2.29. The minimum Gasteiger partial charge on any atom is -0.481 e. The molecule has 0 radical (unpaired) electrons. The number of aryl methyl sites for hydroxylation is 1. The summed E-state index contributed by atoms with van der Waals surface area (Å²) in [4.78, 5) is 16.8. The Balaban J connectivity index is 2.17. The molecule has 0 amide bonds. The first kappa shape index (κ1) is 21.4.